The fourth-order valence-corrected chi connectivity index (χ4v) is 3.37. The van der Waals surface area contributed by atoms with E-state index in [2.05, 4.69) is 15.8 Å². The van der Waals surface area contributed by atoms with Gasteiger partial charge in [0.25, 0.3) is 5.91 Å². The number of aromatic nitrogens is 1. The number of nitrogens with zero attached hydrogens (tertiary/aromatic N) is 1. The van der Waals surface area contributed by atoms with Crippen LogP contribution in [0.25, 0.3) is 22.4 Å². The molecule has 0 atom stereocenters. The average Bonchev–Trinajstić information content (AvgIpc) is 3.22. The molecule has 0 aliphatic heterocycles. The first-order valence-corrected chi connectivity index (χ1v) is 9.40. The molecule has 27 heavy (non-hydrogen) atoms. The van der Waals surface area contributed by atoms with Gasteiger partial charge in [-0.25, -0.2) is 4.98 Å². The maximum absolute atomic E-state index is 12.3. The van der Waals surface area contributed by atoms with Crippen molar-refractivity contribution in [1.82, 2.24) is 10.4 Å². The first-order valence-electron chi connectivity index (χ1n) is 8.52. The van der Waals surface area contributed by atoms with Crippen LogP contribution >= 0.6 is 11.3 Å². The summed E-state index contributed by atoms with van der Waals surface area (Å²) in [6, 6.07) is 27.5. The van der Waals surface area contributed by atoms with Gasteiger partial charge in [0, 0.05) is 16.5 Å². The molecule has 0 aliphatic carbocycles. The van der Waals surface area contributed by atoms with Crippen molar-refractivity contribution < 1.29 is 4.79 Å². The molecule has 0 unspecified atom stereocenters. The van der Waals surface area contributed by atoms with Crippen molar-refractivity contribution in [2.45, 2.75) is 0 Å². The Morgan fingerprint density at radius 2 is 1.33 bits per heavy atom. The summed E-state index contributed by atoms with van der Waals surface area (Å²) in [6.07, 6.45) is 0. The third kappa shape index (κ3) is 4.04. The van der Waals surface area contributed by atoms with Crippen LogP contribution in [0.3, 0.4) is 0 Å². The standard InChI is InChI=1S/C22H17N3OS/c26-21(19-13-11-17(12-14-19)16-7-3-1-4-8-16)24-25-22-23-20(15-27-22)18-9-5-2-6-10-18/h1-15H,(H,23,25)(H,24,26). The lowest BCUT2D eigenvalue weighted by Gasteiger charge is -2.07. The summed E-state index contributed by atoms with van der Waals surface area (Å²) in [5.41, 5.74) is 10.3. The Labute approximate surface area is 161 Å². The number of benzene rings is 3. The van der Waals surface area contributed by atoms with E-state index in [1.165, 1.54) is 11.3 Å². The molecule has 0 spiro atoms. The first-order chi connectivity index (χ1) is 13.3. The highest BCUT2D eigenvalue weighted by atomic mass is 32.1. The van der Waals surface area contributed by atoms with Crippen LogP contribution in [0, 0.1) is 0 Å². The van der Waals surface area contributed by atoms with Crippen molar-refractivity contribution in [3.05, 3.63) is 95.9 Å². The molecule has 1 heterocycles. The Kier molecular flexibility index (Phi) is 4.94. The molecule has 0 fully saturated rings. The summed E-state index contributed by atoms with van der Waals surface area (Å²) in [6.45, 7) is 0. The van der Waals surface area contributed by atoms with Crippen molar-refractivity contribution in [2.24, 2.45) is 0 Å². The second-order valence-corrected chi connectivity index (χ2v) is 6.78. The lowest BCUT2D eigenvalue weighted by Crippen LogP contribution is -2.29. The molecule has 0 radical (unpaired) electrons. The Hall–Kier alpha value is -3.44. The number of carbonyl (C=O) groups is 1. The van der Waals surface area contributed by atoms with Crippen LogP contribution in [-0.4, -0.2) is 10.9 Å². The fourth-order valence-electron chi connectivity index (χ4n) is 2.70. The zero-order valence-electron chi connectivity index (χ0n) is 14.4. The van der Waals surface area contributed by atoms with Crippen LogP contribution in [0.4, 0.5) is 5.13 Å². The van der Waals surface area contributed by atoms with Crippen LogP contribution in [-0.2, 0) is 0 Å². The lowest BCUT2D eigenvalue weighted by atomic mass is 10.0. The Morgan fingerprint density at radius 3 is 2.00 bits per heavy atom. The van der Waals surface area contributed by atoms with Crippen LogP contribution in [0.1, 0.15) is 10.4 Å². The molecule has 2 N–H and O–H groups in total. The molecule has 4 nitrogen and oxygen atoms in total. The summed E-state index contributed by atoms with van der Waals surface area (Å²) in [7, 11) is 0. The summed E-state index contributed by atoms with van der Waals surface area (Å²) >= 11 is 1.44. The molecule has 1 aromatic heterocycles. The van der Waals surface area contributed by atoms with E-state index in [1.54, 1.807) is 0 Å². The van der Waals surface area contributed by atoms with Crippen molar-refractivity contribution in [2.75, 3.05) is 5.43 Å². The number of thiazole rings is 1. The molecule has 0 saturated carbocycles. The average molecular weight is 371 g/mol. The highest BCUT2D eigenvalue weighted by Gasteiger charge is 2.08. The van der Waals surface area contributed by atoms with Gasteiger partial charge in [0.1, 0.15) is 0 Å². The molecular weight excluding hydrogens is 354 g/mol. The Morgan fingerprint density at radius 1 is 0.741 bits per heavy atom. The number of amides is 1. The summed E-state index contributed by atoms with van der Waals surface area (Å²) < 4.78 is 0. The van der Waals surface area contributed by atoms with Crippen molar-refractivity contribution in [3.63, 3.8) is 0 Å². The number of hydrazine groups is 1. The van der Waals surface area contributed by atoms with Crippen molar-refractivity contribution >= 4 is 22.4 Å². The molecule has 0 saturated heterocycles. The predicted octanol–water partition coefficient (Wildman–Crippen LogP) is 5.23. The number of rotatable bonds is 5. The summed E-state index contributed by atoms with van der Waals surface area (Å²) in [5.74, 6) is -0.203. The molecule has 4 rings (SSSR count). The minimum absolute atomic E-state index is 0.203. The summed E-state index contributed by atoms with van der Waals surface area (Å²) in [4.78, 5) is 16.8. The smallest absolute Gasteiger partial charge is 0.269 e. The van der Waals surface area contributed by atoms with Gasteiger partial charge < -0.3 is 0 Å². The quantitative estimate of drug-likeness (QED) is 0.472. The van der Waals surface area contributed by atoms with Crippen LogP contribution in [0.2, 0.25) is 0 Å². The van der Waals surface area contributed by atoms with Crippen LogP contribution in [0.15, 0.2) is 90.3 Å². The van der Waals surface area contributed by atoms with Gasteiger partial charge >= 0.3 is 0 Å². The second-order valence-electron chi connectivity index (χ2n) is 5.93. The normalized spacial score (nSPS) is 10.4. The molecule has 1 amide bonds. The monoisotopic (exact) mass is 371 g/mol. The molecule has 0 aliphatic rings. The van der Waals surface area contributed by atoms with E-state index in [-0.39, 0.29) is 5.91 Å². The van der Waals surface area contributed by atoms with Gasteiger partial charge in [-0.05, 0) is 23.3 Å². The number of hydrogen-bond acceptors (Lipinski definition) is 4. The van der Waals surface area contributed by atoms with Gasteiger partial charge in [0.2, 0.25) is 5.13 Å². The van der Waals surface area contributed by atoms with E-state index in [4.69, 9.17) is 0 Å². The maximum atomic E-state index is 12.3. The zero-order chi connectivity index (χ0) is 18.5. The Balaban J connectivity index is 1.39. The third-order valence-corrected chi connectivity index (χ3v) is 4.87. The Bertz CT molecular complexity index is 1030. The fraction of sp³-hybridized carbons (Fsp3) is 0. The second kappa shape index (κ2) is 7.85. The van der Waals surface area contributed by atoms with E-state index in [9.17, 15) is 4.79 Å². The van der Waals surface area contributed by atoms with E-state index in [1.807, 2.05) is 90.3 Å². The number of carbonyl (C=O) groups excluding carboxylic acids is 1. The highest BCUT2D eigenvalue weighted by Crippen LogP contribution is 2.24. The lowest BCUT2D eigenvalue weighted by molar-refractivity contribution is 0.0962. The van der Waals surface area contributed by atoms with Gasteiger partial charge in [-0.2, -0.15) is 0 Å². The molecule has 3 aromatic carbocycles. The number of hydrogen-bond donors (Lipinski definition) is 2. The topological polar surface area (TPSA) is 54.0 Å². The van der Waals surface area contributed by atoms with E-state index >= 15 is 0 Å². The molecular formula is C22H17N3OS. The van der Waals surface area contributed by atoms with Gasteiger partial charge in [-0.3, -0.25) is 15.6 Å². The number of anilines is 1. The van der Waals surface area contributed by atoms with E-state index in [0.717, 1.165) is 22.4 Å². The molecule has 4 aromatic rings. The van der Waals surface area contributed by atoms with Crippen molar-refractivity contribution in [1.29, 1.82) is 0 Å². The van der Waals surface area contributed by atoms with Gasteiger partial charge in [0.15, 0.2) is 0 Å². The first kappa shape index (κ1) is 17.0. The maximum Gasteiger partial charge on any atom is 0.269 e. The zero-order valence-corrected chi connectivity index (χ0v) is 15.2. The largest absolute Gasteiger partial charge is 0.273 e. The third-order valence-electron chi connectivity index (χ3n) is 4.11. The molecule has 0 bridgehead atoms. The van der Waals surface area contributed by atoms with E-state index < -0.39 is 0 Å². The van der Waals surface area contributed by atoms with Gasteiger partial charge in [-0.1, -0.05) is 72.8 Å². The van der Waals surface area contributed by atoms with Gasteiger partial charge in [0.05, 0.1) is 5.69 Å². The van der Waals surface area contributed by atoms with E-state index in [0.29, 0.717) is 10.7 Å². The minimum Gasteiger partial charge on any atom is -0.273 e. The molecule has 5 heteroatoms. The predicted molar refractivity (Wildman–Crippen MR) is 111 cm³/mol. The summed E-state index contributed by atoms with van der Waals surface area (Å²) in [5, 5.41) is 2.60. The van der Waals surface area contributed by atoms with Crippen LogP contribution in [0.5, 0.6) is 0 Å². The molecule has 132 valence electrons. The highest BCUT2D eigenvalue weighted by molar-refractivity contribution is 7.14. The SMILES string of the molecule is O=C(NNc1nc(-c2ccccc2)cs1)c1ccc(-c2ccccc2)cc1. The number of nitrogens with one attached hydrogen (secondary N) is 2. The van der Waals surface area contributed by atoms with Gasteiger partial charge in [-0.15, -0.1) is 11.3 Å². The minimum atomic E-state index is -0.203. The van der Waals surface area contributed by atoms with Crippen LogP contribution < -0.4 is 10.9 Å². The van der Waals surface area contributed by atoms with Crippen molar-refractivity contribution in [3.8, 4) is 22.4 Å².